The Bertz CT molecular complexity index is 1730. The van der Waals surface area contributed by atoms with E-state index in [0.29, 0.717) is 57.3 Å². The molecule has 0 radical (unpaired) electrons. The predicted octanol–water partition coefficient (Wildman–Crippen LogP) is 5.49. The number of hydrogen-bond donors (Lipinski definition) is 4. The molecule has 0 saturated heterocycles. The molecule has 260 valence electrons. The summed E-state index contributed by atoms with van der Waals surface area (Å²) in [5.74, 6) is 0.225. The number of methoxy groups -OCH3 is 1. The van der Waals surface area contributed by atoms with Gasteiger partial charge in [-0.15, -0.1) is 0 Å². The molecule has 0 saturated carbocycles. The fourth-order valence-electron chi connectivity index (χ4n) is 4.75. The van der Waals surface area contributed by atoms with Crippen LogP contribution in [0.1, 0.15) is 53.9 Å². The van der Waals surface area contributed by atoms with Gasteiger partial charge in [-0.25, -0.2) is 14.4 Å². The summed E-state index contributed by atoms with van der Waals surface area (Å²) in [6.45, 7) is 5.82. The predicted molar refractivity (Wildman–Crippen MR) is 188 cm³/mol. The number of aliphatic hydroxyl groups is 1. The Morgan fingerprint density at radius 1 is 1.00 bits per heavy atom. The summed E-state index contributed by atoms with van der Waals surface area (Å²) in [6, 6.07) is 14.3. The van der Waals surface area contributed by atoms with Gasteiger partial charge in [0.05, 0.1) is 48.2 Å². The van der Waals surface area contributed by atoms with Crippen molar-refractivity contribution in [2.75, 3.05) is 26.9 Å². The van der Waals surface area contributed by atoms with E-state index in [4.69, 9.17) is 23.7 Å². The Hall–Kier alpha value is -4.60. The van der Waals surface area contributed by atoms with Crippen molar-refractivity contribution in [1.82, 2.24) is 16.1 Å². The first-order chi connectivity index (χ1) is 23.5. The molecule has 15 heteroatoms. The maximum Gasteiger partial charge on any atom is 0.338 e. The van der Waals surface area contributed by atoms with E-state index in [-0.39, 0.29) is 24.8 Å². The standard InChI is InChI=1S/C34H36Br2N4O9/c1-5-46-27-14-22(30-29(33(43)45-4)19(3)38-34(44)39-30)11-12-26(27)48-18-28(41)40-37-16-23-13-24(35)15-25(36)31(23)49-17-20-7-9-21(10-8-20)32(42)47-6-2/h7-16,28,30,40-41H,5-6,17-18H2,1-4H3,(H2,38,39,44)/b37-16+/t28-,30-/m0/s1. The van der Waals surface area contributed by atoms with Crippen molar-refractivity contribution >= 4 is 56.0 Å². The van der Waals surface area contributed by atoms with Gasteiger partial charge in [0, 0.05) is 15.7 Å². The van der Waals surface area contributed by atoms with Crippen LogP contribution in [-0.2, 0) is 20.9 Å². The van der Waals surface area contributed by atoms with Gasteiger partial charge >= 0.3 is 18.0 Å². The van der Waals surface area contributed by atoms with E-state index in [2.05, 4.69) is 53.0 Å². The minimum absolute atomic E-state index is 0.194. The van der Waals surface area contributed by atoms with Crippen LogP contribution in [0.2, 0.25) is 0 Å². The number of hydrazone groups is 1. The van der Waals surface area contributed by atoms with Crippen molar-refractivity contribution in [1.29, 1.82) is 0 Å². The highest BCUT2D eigenvalue weighted by Crippen LogP contribution is 2.35. The zero-order chi connectivity index (χ0) is 35.5. The summed E-state index contributed by atoms with van der Waals surface area (Å²) < 4.78 is 29.1. The van der Waals surface area contributed by atoms with Crippen molar-refractivity contribution in [3.05, 3.63) is 97.1 Å². The molecule has 0 bridgehead atoms. The number of amides is 2. The second kappa shape index (κ2) is 17.7. The van der Waals surface area contributed by atoms with Crippen molar-refractivity contribution in [2.45, 2.75) is 39.6 Å². The third kappa shape index (κ3) is 9.96. The van der Waals surface area contributed by atoms with Gasteiger partial charge < -0.3 is 39.4 Å². The largest absolute Gasteiger partial charge is 0.490 e. The van der Waals surface area contributed by atoms with Crippen LogP contribution < -0.4 is 30.3 Å². The quantitative estimate of drug-likeness (QED) is 0.0669. The molecule has 4 rings (SSSR count). The molecular weight excluding hydrogens is 768 g/mol. The smallest absolute Gasteiger partial charge is 0.338 e. The molecular formula is C34H36Br2N4O9. The molecule has 2 atom stereocenters. The molecule has 1 heterocycles. The summed E-state index contributed by atoms with van der Waals surface area (Å²) in [5, 5.41) is 20.1. The number of halogens is 2. The van der Waals surface area contributed by atoms with Crippen LogP contribution in [0, 0.1) is 0 Å². The average molecular weight is 804 g/mol. The molecule has 13 nitrogen and oxygen atoms in total. The molecule has 0 fully saturated rings. The van der Waals surface area contributed by atoms with E-state index in [0.717, 1.165) is 10.0 Å². The number of hydrogen-bond acceptors (Lipinski definition) is 11. The second-order valence-electron chi connectivity index (χ2n) is 10.4. The fourth-order valence-corrected chi connectivity index (χ4v) is 6.12. The number of allylic oxidation sites excluding steroid dienone is 1. The summed E-state index contributed by atoms with van der Waals surface area (Å²) in [6.07, 6.45) is 0.295. The summed E-state index contributed by atoms with van der Waals surface area (Å²) in [7, 11) is 1.27. The van der Waals surface area contributed by atoms with Crippen molar-refractivity contribution in [3.63, 3.8) is 0 Å². The Labute approximate surface area is 300 Å². The Balaban J connectivity index is 1.40. The van der Waals surface area contributed by atoms with Crippen LogP contribution in [0.15, 0.2) is 79.9 Å². The Morgan fingerprint density at radius 3 is 2.45 bits per heavy atom. The molecule has 0 aromatic heterocycles. The van der Waals surface area contributed by atoms with Crippen molar-refractivity contribution in [2.24, 2.45) is 5.10 Å². The highest BCUT2D eigenvalue weighted by molar-refractivity contribution is 9.11. The first-order valence-corrected chi connectivity index (χ1v) is 16.7. The maximum absolute atomic E-state index is 12.5. The van der Waals surface area contributed by atoms with Gasteiger partial charge in [0.1, 0.15) is 19.0 Å². The molecule has 3 aromatic rings. The summed E-state index contributed by atoms with van der Waals surface area (Å²) in [5.41, 5.74) is 5.75. The normalized spacial score (nSPS) is 14.8. The van der Waals surface area contributed by atoms with Gasteiger partial charge in [0.15, 0.2) is 17.7 Å². The number of urea groups is 1. The monoisotopic (exact) mass is 802 g/mol. The lowest BCUT2D eigenvalue weighted by atomic mass is 9.95. The van der Waals surface area contributed by atoms with Crippen LogP contribution >= 0.6 is 31.9 Å². The minimum atomic E-state index is -1.21. The van der Waals surface area contributed by atoms with Crippen molar-refractivity contribution in [3.8, 4) is 17.2 Å². The summed E-state index contributed by atoms with van der Waals surface area (Å²) in [4.78, 5) is 36.6. The number of esters is 2. The Morgan fingerprint density at radius 2 is 1.76 bits per heavy atom. The number of rotatable bonds is 15. The van der Waals surface area contributed by atoms with E-state index >= 15 is 0 Å². The number of nitrogens with one attached hydrogen (secondary N) is 3. The average Bonchev–Trinajstić information content (AvgIpc) is 3.07. The molecule has 49 heavy (non-hydrogen) atoms. The first kappa shape index (κ1) is 37.2. The van der Waals surface area contributed by atoms with Gasteiger partial charge in [-0.2, -0.15) is 5.10 Å². The van der Waals surface area contributed by atoms with Crippen LogP contribution in [0.3, 0.4) is 0 Å². The van der Waals surface area contributed by atoms with Gasteiger partial charge in [-0.05, 0) is 84.2 Å². The van der Waals surface area contributed by atoms with E-state index in [1.54, 1.807) is 69.3 Å². The van der Waals surface area contributed by atoms with E-state index in [1.165, 1.54) is 13.3 Å². The van der Waals surface area contributed by atoms with Gasteiger partial charge in [0.25, 0.3) is 0 Å². The van der Waals surface area contributed by atoms with Crippen LogP contribution in [0.4, 0.5) is 4.79 Å². The van der Waals surface area contributed by atoms with Gasteiger partial charge in [-0.3, -0.25) is 5.43 Å². The number of benzene rings is 3. The highest BCUT2D eigenvalue weighted by Gasteiger charge is 2.32. The number of carbonyl (C=O) groups is 3. The number of nitrogens with zero attached hydrogens (tertiary/aromatic N) is 1. The fraction of sp³-hybridized carbons (Fsp3) is 0.294. The van der Waals surface area contributed by atoms with Crippen LogP contribution in [-0.4, -0.2) is 62.4 Å². The van der Waals surface area contributed by atoms with E-state index in [1.807, 2.05) is 6.07 Å². The second-order valence-corrected chi connectivity index (χ2v) is 12.2. The molecule has 1 aliphatic rings. The Kier molecular flexibility index (Phi) is 13.4. The van der Waals surface area contributed by atoms with Gasteiger partial charge in [-0.1, -0.05) is 34.1 Å². The SMILES string of the molecule is CCOC(=O)c1ccc(COc2c(Br)cc(Br)cc2/C=N/N[C@@H](O)COc2ccc([C@@H]3NC(=O)NC(C)=C3C(=O)OC)cc2OCC)cc1. The molecule has 1 aliphatic heterocycles. The lowest BCUT2D eigenvalue weighted by Crippen LogP contribution is -2.45. The number of ether oxygens (including phenoxy) is 5. The molecule has 4 N–H and O–H groups in total. The zero-order valence-corrected chi connectivity index (χ0v) is 30.3. The lowest BCUT2D eigenvalue weighted by molar-refractivity contribution is -0.136. The zero-order valence-electron chi connectivity index (χ0n) is 27.2. The van der Waals surface area contributed by atoms with E-state index < -0.39 is 24.3 Å². The molecule has 2 amide bonds. The third-order valence-corrected chi connectivity index (χ3v) is 8.03. The summed E-state index contributed by atoms with van der Waals surface area (Å²) >= 11 is 7.01. The van der Waals surface area contributed by atoms with Gasteiger partial charge in [0.2, 0.25) is 0 Å². The molecule has 0 aliphatic carbocycles. The number of carbonyl (C=O) groups excluding carboxylic acids is 3. The minimum Gasteiger partial charge on any atom is -0.490 e. The molecule has 0 unspecified atom stereocenters. The van der Waals surface area contributed by atoms with Crippen LogP contribution in [0.25, 0.3) is 0 Å². The van der Waals surface area contributed by atoms with Crippen LogP contribution in [0.5, 0.6) is 17.2 Å². The van der Waals surface area contributed by atoms with E-state index in [9.17, 15) is 19.5 Å². The topological polar surface area (TPSA) is 166 Å². The maximum atomic E-state index is 12.5. The first-order valence-electron chi connectivity index (χ1n) is 15.1. The lowest BCUT2D eigenvalue weighted by Gasteiger charge is -2.28. The number of aliphatic hydroxyl groups excluding tert-OH is 1. The molecule has 3 aromatic carbocycles. The van der Waals surface area contributed by atoms with Crippen molar-refractivity contribution < 1.29 is 43.2 Å². The highest BCUT2D eigenvalue weighted by atomic mass is 79.9. The third-order valence-electron chi connectivity index (χ3n) is 6.98. The molecule has 0 spiro atoms.